The number of pyridine rings is 1. The second kappa shape index (κ2) is 12.5. The fourth-order valence-electron chi connectivity index (χ4n) is 4.86. The number of nitrogens with two attached hydrogens (primary N) is 1. The zero-order valence-corrected chi connectivity index (χ0v) is 24.8. The van der Waals surface area contributed by atoms with Crippen molar-refractivity contribution in [1.29, 1.82) is 0 Å². The highest BCUT2D eigenvalue weighted by Crippen LogP contribution is 2.38. The number of fused-ring (bicyclic) bond motifs is 1. The molecule has 0 aliphatic heterocycles. The number of nitrogens with zero attached hydrogens (tertiary/aromatic N) is 6. The van der Waals surface area contributed by atoms with Gasteiger partial charge in [-0.1, -0.05) is 25.3 Å². The smallest absolute Gasteiger partial charge is 0.164 e. The van der Waals surface area contributed by atoms with Crippen molar-refractivity contribution < 1.29 is 8.78 Å². The summed E-state index contributed by atoms with van der Waals surface area (Å²) >= 11 is 1.53. The largest absolute Gasteiger partial charge is 0.383 e. The van der Waals surface area contributed by atoms with Crippen molar-refractivity contribution in [3.05, 3.63) is 120 Å². The molecule has 216 valence electrons. The summed E-state index contributed by atoms with van der Waals surface area (Å²) in [5.74, 6) is -0.562. The zero-order valence-electron chi connectivity index (χ0n) is 24.0. The summed E-state index contributed by atoms with van der Waals surface area (Å²) in [7, 11) is 0. The van der Waals surface area contributed by atoms with E-state index < -0.39 is 17.7 Å². The Morgan fingerprint density at radius 2 is 1.98 bits per heavy atom. The minimum absolute atomic E-state index is 0.265. The van der Waals surface area contributed by atoms with Gasteiger partial charge in [-0.2, -0.15) is 5.10 Å². The molecule has 0 radical (unpaired) electrons. The van der Waals surface area contributed by atoms with E-state index in [1.54, 1.807) is 29.1 Å². The van der Waals surface area contributed by atoms with Crippen LogP contribution in [0.5, 0.6) is 0 Å². The van der Waals surface area contributed by atoms with Gasteiger partial charge >= 0.3 is 0 Å². The maximum absolute atomic E-state index is 14.6. The molecule has 2 N–H and O–H groups in total. The summed E-state index contributed by atoms with van der Waals surface area (Å²) in [4.78, 5) is 18.3. The summed E-state index contributed by atoms with van der Waals surface area (Å²) in [6.07, 6.45) is 9.70. The van der Waals surface area contributed by atoms with Gasteiger partial charge in [-0.15, -0.1) is 17.5 Å². The molecular weight excluding hydrogens is 564 g/mol. The van der Waals surface area contributed by atoms with Crippen molar-refractivity contribution in [3.8, 4) is 11.3 Å². The van der Waals surface area contributed by atoms with E-state index in [-0.39, 0.29) is 5.82 Å². The lowest BCUT2D eigenvalue weighted by Crippen LogP contribution is -2.13. The number of aliphatic imine (C=N–C) groups is 1. The average molecular weight is 594 g/mol. The number of anilines is 1. The predicted octanol–water partition coefficient (Wildman–Crippen LogP) is 7.85. The van der Waals surface area contributed by atoms with Crippen LogP contribution in [0.3, 0.4) is 0 Å². The molecule has 0 saturated carbocycles. The number of benzene rings is 1. The minimum atomic E-state index is -0.583. The molecule has 0 bridgehead atoms. The van der Waals surface area contributed by atoms with Gasteiger partial charge in [0, 0.05) is 29.5 Å². The van der Waals surface area contributed by atoms with E-state index in [0.717, 1.165) is 10.6 Å². The predicted molar refractivity (Wildman–Crippen MR) is 171 cm³/mol. The Bertz CT molecular complexity index is 1910. The summed E-state index contributed by atoms with van der Waals surface area (Å²) in [5, 5.41) is 6.40. The van der Waals surface area contributed by atoms with Gasteiger partial charge in [0.2, 0.25) is 0 Å². The lowest BCUT2D eigenvalue weighted by atomic mass is 9.94. The molecule has 1 aliphatic rings. The van der Waals surface area contributed by atoms with E-state index >= 15 is 0 Å². The van der Waals surface area contributed by atoms with Crippen LogP contribution in [0, 0.1) is 5.82 Å². The molecule has 43 heavy (non-hydrogen) atoms. The van der Waals surface area contributed by atoms with Crippen molar-refractivity contribution >= 4 is 39.9 Å². The number of nitrogen functional groups attached to an aromatic ring is 1. The SMILES string of the molecule is C=C=C(C)/C(=C(\N=C1\C=CC(F)=CC(=C)C1)[C@H](C)n1nc(-c2ccc(SC)nc2)c2c(N)ncnc21)c1cccc(F)c1. The molecule has 1 atom stereocenters. The Hall–Kier alpha value is -4.92. The van der Waals surface area contributed by atoms with Crippen LogP contribution in [0.1, 0.15) is 31.9 Å². The van der Waals surface area contributed by atoms with E-state index in [2.05, 4.69) is 33.8 Å². The van der Waals surface area contributed by atoms with Gasteiger partial charge in [-0.05, 0) is 79.3 Å². The summed E-state index contributed by atoms with van der Waals surface area (Å²) < 4.78 is 30.5. The third-order valence-corrected chi connectivity index (χ3v) is 7.62. The summed E-state index contributed by atoms with van der Waals surface area (Å²) in [6, 6.07) is 9.47. The molecule has 0 unspecified atom stereocenters. The number of aromatic nitrogens is 5. The second-order valence-electron chi connectivity index (χ2n) is 9.89. The molecule has 7 nitrogen and oxygen atoms in total. The minimum Gasteiger partial charge on any atom is -0.383 e. The Morgan fingerprint density at radius 1 is 1.16 bits per heavy atom. The Labute approximate surface area is 252 Å². The van der Waals surface area contributed by atoms with Crippen LogP contribution >= 0.6 is 11.8 Å². The zero-order chi connectivity index (χ0) is 30.7. The van der Waals surface area contributed by atoms with E-state index in [9.17, 15) is 8.78 Å². The fourth-order valence-corrected chi connectivity index (χ4v) is 5.23. The van der Waals surface area contributed by atoms with Crippen LogP contribution in [-0.2, 0) is 0 Å². The maximum Gasteiger partial charge on any atom is 0.164 e. The van der Waals surface area contributed by atoms with E-state index in [1.165, 1.54) is 42.4 Å². The molecule has 5 rings (SSSR count). The van der Waals surface area contributed by atoms with Crippen LogP contribution in [0.4, 0.5) is 14.6 Å². The molecule has 10 heteroatoms. The quantitative estimate of drug-likeness (QED) is 0.133. The van der Waals surface area contributed by atoms with Crippen molar-refractivity contribution in [2.75, 3.05) is 12.0 Å². The van der Waals surface area contributed by atoms with Gasteiger partial charge in [0.05, 0.1) is 22.2 Å². The van der Waals surface area contributed by atoms with Crippen molar-refractivity contribution in [2.24, 2.45) is 4.99 Å². The average Bonchev–Trinajstić information content (AvgIpc) is 3.31. The van der Waals surface area contributed by atoms with Crippen LogP contribution < -0.4 is 5.73 Å². The van der Waals surface area contributed by atoms with Crippen molar-refractivity contribution in [1.82, 2.24) is 24.7 Å². The highest BCUT2D eigenvalue weighted by atomic mass is 32.2. The van der Waals surface area contributed by atoms with Gasteiger partial charge in [0.25, 0.3) is 0 Å². The number of hydrogen-bond donors (Lipinski definition) is 1. The van der Waals surface area contributed by atoms with Gasteiger partial charge in [-0.3, -0.25) is 4.99 Å². The van der Waals surface area contributed by atoms with Crippen LogP contribution in [-0.4, -0.2) is 36.7 Å². The van der Waals surface area contributed by atoms with E-state index in [4.69, 9.17) is 15.8 Å². The molecule has 0 amide bonds. The van der Waals surface area contributed by atoms with E-state index in [0.29, 0.717) is 56.8 Å². The lowest BCUT2D eigenvalue weighted by Gasteiger charge is -2.20. The first kappa shape index (κ1) is 29.6. The summed E-state index contributed by atoms with van der Waals surface area (Å²) in [6.45, 7) is 11.6. The van der Waals surface area contributed by atoms with Gasteiger partial charge in [-0.25, -0.2) is 28.4 Å². The van der Waals surface area contributed by atoms with Crippen LogP contribution in [0.25, 0.3) is 27.9 Å². The number of hydrogen-bond acceptors (Lipinski definition) is 7. The first-order chi connectivity index (χ1) is 20.7. The topological polar surface area (TPSA) is 94.9 Å². The second-order valence-corrected chi connectivity index (χ2v) is 10.7. The molecule has 0 spiro atoms. The standard InChI is InChI=1S/C33H29F2N7S/c1-6-20(3)28(22-8-7-9-24(34)16-22)30(40-26-12-11-25(35)14-19(2)15-26)21(4)42-33-29(32(36)38-18-39-33)31(41-42)23-10-13-27(43-5)37-17-23/h7-14,16-18,21H,1-2,15H2,3-5H3,(H2,36,38,39)/b30-28+,40-26-/t21-/m0/s1. The van der Waals surface area contributed by atoms with Gasteiger partial charge in [0.1, 0.15) is 29.5 Å². The first-order valence-corrected chi connectivity index (χ1v) is 14.6. The number of allylic oxidation sites excluding steroid dienone is 8. The molecule has 0 fully saturated rings. The normalized spacial score (nSPS) is 15.6. The molecular formula is C33H29F2N7S. The number of thioether (sulfide) groups is 1. The molecule has 1 aromatic carbocycles. The monoisotopic (exact) mass is 593 g/mol. The van der Waals surface area contributed by atoms with Gasteiger partial charge in [0.15, 0.2) is 5.65 Å². The van der Waals surface area contributed by atoms with Crippen LogP contribution in [0.15, 0.2) is 119 Å². The Kier molecular flexibility index (Phi) is 8.61. The van der Waals surface area contributed by atoms with Crippen molar-refractivity contribution in [2.45, 2.75) is 31.3 Å². The maximum atomic E-state index is 14.6. The highest BCUT2D eigenvalue weighted by Gasteiger charge is 2.26. The Balaban J connectivity index is 1.81. The van der Waals surface area contributed by atoms with Crippen molar-refractivity contribution in [3.63, 3.8) is 0 Å². The van der Waals surface area contributed by atoms with Crippen LogP contribution in [0.2, 0.25) is 0 Å². The molecule has 4 aromatic rings. The number of rotatable bonds is 7. The third kappa shape index (κ3) is 6.16. The molecule has 0 saturated heterocycles. The molecule has 1 aliphatic carbocycles. The molecule has 3 aromatic heterocycles. The molecule has 3 heterocycles. The lowest BCUT2D eigenvalue weighted by molar-refractivity contribution is 0.567. The van der Waals surface area contributed by atoms with Gasteiger partial charge < -0.3 is 5.73 Å². The highest BCUT2D eigenvalue weighted by molar-refractivity contribution is 7.98. The summed E-state index contributed by atoms with van der Waals surface area (Å²) in [5.41, 5.74) is 14.6. The van der Waals surface area contributed by atoms with E-state index in [1.807, 2.05) is 32.2 Å². The third-order valence-electron chi connectivity index (χ3n) is 6.96. The number of halogens is 2. The fraction of sp³-hybridized carbons (Fsp3) is 0.152. The Morgan fingerprint density at radius 3 is 2.67 bits per heavy atom. The first-order valence-electron chi connectivity index (χ1n) is 13.4.